The Balaban J connectivity index is 3.23. The Kier molecular flexibility index (Phi) is 2.25. The van der Waals surface area contributed by atoms with Gasteiger partial charge in [-0.3, -0.25) is 0 Å². The number of aliphatic hydroxyl groups is 1. The molecule has 1 heterocycles. The van der Waals surface area contributed by atoms with Gasteiger partial charge in [0.2, 0.25) is 0 Å². The highest BCUT2D eigenvalue weighted by Crippen LogP contribution is 2.12. The molecule has 1 aromatic heterocycles. The van der Waals surface area contributed by atoms with E-state index in [0.29, 0.717) is 5.69 Å². The number of aromatic nitrogens is 1. The van der Waals surface area contributed by atoms with E-state index in [1.807, 2.05) is 0 Å². The van der Waals surface area contributed by atoms with Gasteiger partial charge in [0.15, 0.2) is 9.84 Å². The summed E-state index contributed by atoms with van der Waals surface area (Å²) < 4.78 is 23.6. The van der Waals surface area contributed by atoms with Gasteiger partial charge in [0.25, 0.3) is 0 Å². The van der Waals surface area contributed by atoms with Crippen molar-refractivity contribution in [3.63, 3.8) is 0 Å². The number of aryl methyl sites for hydroxylation is 1. The minimum atomic E-state index is -3.15. The molecule has 0 aliphatic heterocycles. The van der Waals surface area contributed by atoms with Crippen LogP contribution < -0.4 is 0 Å². The first-order valence-corrected chi connectivity index (χ1v) is 5.30. The lowest BCUT2D eigenvalue weighted by Gasteiger charge is -1.94. The lowest BCUT2D eigenvalue weighted by atomic mass is 10.5. The molecular formula is C7H11NO3S. The zero-order chi connectivity index (χ0) is 9.35. The number of sulfone groups is 1. The smallest absolute Gasteiger partial charge is 0.177 e. The highest BCUT2D eigenvalue weighted by atomic mass is 32.2. The normalized spacial score (nSPS) is 11.9. The van der Waals surface area contributed by atoms with E-state index in [-0.39, 0.29) is 11.5 Å². The third-order valence-corrected chi connectivity index (χ3v) is 2.75. The van der Waals surface area contributed by atoms with Gasteiger partial charge in [0.1, 0.15) is 0 Å². The molecule has 1 rings (SSSR count). The third-order valence-electron chi connectivity index (χ3n) is 1.67. The third kappa shape index (κ3) is 1.67. The van der Waals surface area contributed by atoms with Gasteiger partial charge in [-0.25, -0.2) is 8.42 Å². The Hall–Kier alpha value is -0.810. The van der Waals surface area contributed by atoms with E-state index in [2.05, 4.69) is 0 Å². The second-order valence-electron chi connectivity index (χ2n) is 2.71. The van der Waals surface area contributed by atoms with Crippen molar-refractivity contribution < 1.29 is 13.5 Å². The number of hydrogen-bond donors (Lipinski definition) is 1. The van der Waals surface area contributed by atoms with E-state index in [1.165, 1.54) is 12.3 Å². The largest absolute Gasteiger partial charge is 0.390 e. The number of aliphatic hydroxyl groups excluding tert-OH is 1. The van der Waals surface area contributed by atoms with Crippen molar-refractivity contribution in [2.24, 2.45) is 7.05 Å². The summed E-state index contributed by atoms with van der Waals surface area (Å²) in [4.78, 5) is 0.244. The van der Waals surface area contributed by atoms with Gasteiger partial charge in [0, 0.05) is 25.2 Å². The van der Waals surface area contributed by atoms with Crippen molar-refractivity contribution in [3.8, 4) is 0 Å². The maximum absolute atomic E-state index is 11.0. The minimum Gasteiger partial charge on any atom is -0.390 e. The lowest BCUT2D eigenvalue weighted by molar-refractivity contribution is 0.272. The Morgan fingerprint density at radius 2 is 2.17 bits per heavy atom. The fourth-order valence-corrected chi connectivity index (χ4v) is 1.64. The molecular weight excluding hydrogens is 178 g/mol. The zero-order valence-electron chi connectivity index (χ0n) is 6.98. The highest BCUT2D eigenvalue weighted by molar-refractivity contribution is 7.90. The zero-order valence-corrected chi connectivity index (χ0v) is 7.80. The van der Waals surface area contributed by atoms with Crippen LogP contribution >= 0.6 is 0 Å². The molecule has 0 fully saturated rings. The second kappa shape index (κ2) is 2.91. The van der Waals surface area contributed by atoms with Gasteiger partial charge in [-0.2, -0.15) is 0 Å². The lowest BCUT2D eigenvalue weighted by Crippen LogP contribution is -1.94. The molecule has 0 saturated heterocycles. The van der Waals surface area contributed by atoms with Gasteiger partial charge in [0.05, 0.1) is 11.5 Å². The second-order valence-corrected chi connectivity index (χ2v) is 4.72. The number of hydrogen-bond acceptors (Lipinski definition) is 3. The first-order valence-electron chi connectivity index (χ1n) is 3.41. The van der Waals surface area contributed by atoms with E-state index in [9.17, 15) is 8.42 Å². The van der Waals surface area contributed by atoms with Gasteiger partial charge >= 0.3 is 0 Å². The molecule has 0 amide bonds. The molecule has 12 heavy (non-hydrogen) atoms. The van der Waals surface area contributed by atoms with Crippen molar-refractivity contribution in [2.75, 3.05) is 6.26 Å². The molecule has 0 aliphatic rings. The maximum Gasteiger partial charge on any atom is 0.177 e. The molecule has 1 aromatic rings. The Bertz CT molecular complexity index is 377. The molecule has 0 aliphatic carbocycles. The van der Waals surface area contributed by atoms with Crippen LogP contribution in [-0.2, 0) is 23.5 Å². The molecule has 0 unspecified atom stereocenters. The van der Waals surface area contributed by atoms with Crippen LogP contribution in [0.5, 0.6) is 0 Å². The summed E-state index contributed by atoms with van der Waals surface area (Å²) in [6.45, 7) is -0.147. The maximum atomic E-state index is 11.0. The molecule has 1 N–H and O–H groups in total. The van der Waals surface area contributed by atoms with Crippen LogP contribution in [0.3, 0.4) is 0 Å². The quantitative estimate of drug-likeness (QED) is 0.708. The van der Waals surface area contributed by atoms with E-state index in [1.54, 1.807) is 11.6 Å². The Morgan fingerprint density at radius 1 is 1.58 bits per heavy atom. The molecule has 0 spiro atoms. The summed E-state index contributed by atoms with van der Waals surface area (Å²) in [5, 5.41) is 8.78. The SMILES string of the molecule is Cn1cc(S(C)(=O)=O)cc1CO. The molecule has 5 heteroatoms. The van der Waals surface area contributed by atoms with Crippen molar-refractivity contribution in [2.45, 2.75) is 11.5 Å². The molecule has 0 atom stereocenters. The van der Waals surface area contributed by atoms with Crippen molar-refractivity contribution in [3.05, 3.63) is 18.0 Å². The van der Waals surface area contributed by atoms with Crippen molar-refractivity contribution >= 4 is 9.84 Å². The van der Waals surface area contributed by atoms with E-state index in [4.69, 9.17) is 5.11 Å². The van der Waals surface area contributed by atoms with E-state index < -0.39 is 9.84 Å². The number of rotatable bonds is 2. The molecule has 0 bridgehead atoms. The average Bonchev–Trinajstić information content (AvgIpc) is 2.29. The Morgan fingerprint density at radius 3 is 2.42 bits per heavy atom. The summed E-state index contributed by atoms with van der Waals surface area (Å²) >= 11 is 0. The van der Waals surface area contributed by atoms with Gasteiger partial charge in [-0.05, 0) is 6.07 Å². The predicted octanol–water partition coefficient (Wildman–Crippen LogP) is -0.0791. The van der Waals surface area contributed by atoms with Gasteiger partial charge < -0.3 is 9.67 Å². The highest BCUT2D eigenvalue weighted by Gasteiger charge is 2.10. The first kappa shape index (κ1) is 9.28. The van der Waals surface area contributed by atoms with E-state index >= 15 is 0 Å². The average molecular weight is 189 g/mol. The minimum absolute atomic E-state index is 0.147. The van der Waals surface area contributed by atoms with E-state index in [0.717, 1.165) is 6.26 Å². The Labute approximate surface area is 71.4 Å². The molecule has 0 radical (unpaired) electrons. The molecule has 4 nitrogen and oxygen atoms in total. The summed E-state index contributed by atoms with van der Waals surface area (Å²) in [6.07, 6.45) is 2.63. The fourth-order valence-electron chi connectivity index (χ4n) is 0.937. The molecule has 0 saturated carbocycles. The van der Waals surface area contributed by atoms with Crippen LogP contribution in [0.4, 0.5) is 0 Å². The van der Waals surface area contributed by atoms with Crippen LogP contribution in [-0.4, -0.2) is 24.3 Å². The van der Waals surface area contributed by atoms with Gasteiger partial charge in [-0.1, -0.05) is 0 Å². The number of nitrogens with zero attached hydrogens (tertiary/aromatic N) is 1. The molecule has 0 aromatic carbocycles. The van der Waals surface area contributed by atoms with Crippen LogP contribution in [0.1, 0.15) is 5.69 Å². The topological polar surface area (TPSA) is 59.3 Å². The molecule has 68 valence electrons. The van der Waals surface area contributed by atoms with Crippen molar-refractivity contribution in [1.82, 2.24) is 4.57 Å². The standard InChI is InChI=1S/C7H11NO3S/c1-8-4-7(12(2,10)11)3-6(8)5-9/h3-4,9H,5H2,1-2H3. The van der Waals surface area contributed by atoms with Crippen molar-refractivity contribution in [1.29, 1.82) is 0 Å². The monoisotopic (exact) mass is 189 g/mol. The van der Waals surface area contributed by atoms with Crippen LogP contribution in [0.2, 0.25) is 0 Å². The fraction of sp³-hybridized carbons (Fsp3) is 0.429. The van der Waals surface area contributed by atoms with Gasteiger partial charge in [-0.15, -0.1) is 0 Å². The van der Waals surface area contributed by atoms with Crippen LogP contribution in [0.25, 0.3) is 0 Å². The summed E-state index contributed by atoms with van der Waals surface area (Å²) in [5.74, 6) is 0. The summed E-state index contributed by atoms with van der Waals surface area (Å²) in [5.41, 5.74) is 0.593. The van der Waals surface area contributed by atoms with Crippen LogP contribution in [0.15, 0.2) is 17.2 Å². The van der Waals surface area contributed by atoms with Crippen LogP contribution in [0, 0.1) is 0 Å². The first-order chi connectivity index (χ1) is 5.45. The summed E-state index contributed by atoms with van der Waals surface area (Å²) in [6, 6.07) is 1.47. The summed E-state index contributed by atoms with van der Waals surface area (Å²) in [7, 11) is -1.45. The predicted molar refractivity (Wildman–Crippen MR) is 44.4 cm³/mol.